The molecule has 41 heavy (non-hydrogen) atoms. The summed E-state index contributed by atoms with van der Waals surface area (Å²) >= 11 is 0. The van der Waals surface area contributed by atoms with Crippen LogP contribution in [0.25, 0.3) is 0 Å². The smallest absolute Gasteiger partial charge is 0.320 e. The third-order valence-corrected chi connectivity index (χ3v) is 6.85. The number of benzene rings is 1. The second-order valence-corrected chi connectivity index (χ2v) is 9.87. The van der Waals surface area contributed by atoms with Gasteiger partial charge >= 0.3 is 23.9 Å². The van der Waals surface area contributed by atoms with Crippen molar-refractivity contribution < 1.29 is 84.3 Å². The number of aliphatic carboxylic acids is 4. The Hall–Kier alpha value is -1.94. The van der Waals surface area contributed by atoms with Crippen molar-refractivity contribution in [3.63, 3.8) is 0 Å². The fourth-order valence-electron chi connectivity index (χ4n) is 4.79. The Bertz CT molecular complexity index is 935. The van der Waals surface area contributed by atoms with Crippen LogP contribution in [-0.4, -0.2) is 149 Å². The number of carboxylic acids is 4. The summed E-state index contributed by atoms with van der Waals surface area (Å²) in [6.07, 6.45) is 1.66. The minimum Gasteiger partial charge on any atom is -0.494 e. The van der Waals surface area contributed by atoms with E-state index in [2.05, 4.69) is 0 Å². The van der Waals surface area contributed by atoms with Crippen molar-refractivity contribution in [3.05, 3.63) is 29.8 Å². The molecule has 14 heteroatoms. The number of carbonyl (C=O) groups is 4. The number of hydrogen-bond donors (Lipinski definition) is 4. The Kier molecular flexibility index (Phi) is 18.1. The van der Waals surface area contributed by atoms with Gasteiger partial charge in [0.05, 0.1) is 26.2 Å². The third-order valence-electron chi connectivity index (χ3n) is 6.85. The first kappa shape index (κ1) is 37.1. The molecule has 0 bridgehead atoms. The van der Waals surface area contributed by atoms with Crippen molar-refractivity contribution in [1.29, 1.82) is 0 Å². The standard InChI is InChI=1S/C27H42N4O9.Gd/c1-2-40-22-8-6-21(7-9-22)4-3-5-23(27(38)39)31-16-14-29(19-25(34)35)12-10-28(18-24(32)33)11-13-30(15-17-31)20-26(36)37;/h6-9,23H,2-5,10-20H2,1H3,(H,32,33)(H,34,35)(H,36,37)(H,38,39);. The fourth-order valence-corrected chi connectivity index (χ4v) is 4.79. The van der Waals surface area contributed by atoms with Crippen LogP contribution in [0.4, 0.5) is 0 Å². The molecule has 0 saturated carbocycles. The van der Waals surface area contributed by atoms with E-state index in [1.54, 1.807) is 19.6 Å². The topological polar surface area (TPSA) is 171 Å². The van der Waals surface area contributed by atoms with Gasteiger partial charge in [-0.05, 0) is 43.9 Å². The summed E-state index contributed by atoms with van der Waals surface area (Å²) in [5, 5.41) is 38.2. The van der Waals surface area contributed by atoms with Gasteiger partial charge in [-0.3, -0.25) is 38.8 Å². The SMILES string of the molecule is CCOc1ccc(CCCC(C(=O)O)N2CCN(CC(=O)O)CCN(CC(=O)O)CCN(CC(=O)O)CC2)cc1.[Gd]. The molecule has 0 spiro atoms. The maximum Gasteiger partial charge on any atom is 0.320 e. The molecule has 1 aliphatic heterocycles. The molecule has 1 unspecified atom stereocenters. The Morgan fingerprint density at radius 3 is 1.51 bits per heavy atom. The van der Waals surface area contributed by atoms with Gasteiger partial charge in [0, 0.05) is 92.3 Å². The van der Waals surface area contributed by atoms with Crippen molar-refractivity contribution in [2.45, 2.75) is 32.2 Å². The minimum absolute atomic E-state index is 0. The second kappa shape index (κ2) is 20.1. The van der Waals surface area contributed by atoms with Crippen LogP contribution in [0, 0.1) is 39.9 Å². The van der Waals surface area contributed by atoms with Gasteiger partial charge in [-0.15, -0.1) is 0 Å². The summed E-state index contributed by atoms with van der Waals surface area (Å²) in [5.74, 6) is -3.29. The zero-order valence-electron chi connectivity index (χ0n) is 23.5. The largest absolute Gasteiger partial charge is 0.494 e. The van der Waals surface area contributed by atoms with Crippen molar-refractivity contribution in [3.8, 4) is 5.75 Å². The van der Waals surface area contributed by atoms with E-state index in [1.807, 2.05) is 31.2 Å². The molecule has 1 aliphatic rings. The summed E-state index contributed by atoms with van der Waals surface area (Å²) in [7, 11) is 0. The van der Waals surface area contributed by atoms with E-state index in [0.717, 1.165) is 11.3 Å². The van der Waals surface area contributed by atoms with Gasteiger partial charge in [-0.1, -0.05) is 12.1 Å². The molecule has 13 nitrogen and oxygen atoms in total. The van der Waals surface area contributed by atoms with Crippen molar-refractivity contribution in [2.24, 2.45) is 0 Å². The Labute approximate surface area is 272 Å². The Balaban J connectivity index is 0.00000840. The van der Waals surface area contributed by atoms with Gasteiger partial charge in [0.1, 0.15) is 11.8 Å². The van der Waals surface area contributed by atoms with Gasteiger partial charge in [-0.25, -0.2) is 0 Å². The van der Waals surface area contributed by atoms with Crippen LogP contribution in [0.5, 0.6) is 5.75 Å². The van der Waals surface area contributed by atoms with Gasteiger partial charge in [-0.2, -0.15) is 0 Å². The molecule has 1 atom stereocenters. The van der Waals surface area contributed by atoms with Gasteiger partial charge < -0.3 is 25.2 Å². The Morgan fingerprint density at radius 2 is 1.15 bits per heavy atom. The van der Waals surface area contributed by atoms with E-state index in [0.29, 0.717) is 25.9 Å². The summed E-state index contributed by atoms with van der Waals surface area (Å²) in [4.78, 5) is 53.5. The number of rotatable bonds is 14. The molecule has 4 N–H and O–H groups in total. The minimum atomic E-state index is -1.03. The maximum absolute atomic E-state index is 12.4. The zero-order valence-corrected chi connectivity index (χ0v) is 25.7. The molecule has 0 amide bonds. The summed E-state index contributed by atoms with van der Waals surface area (Å²) in [5.41, 5.74) is 1.06. The summed E-state index contributed by atoms with van der Waals surface area (Å²) in [6, 6.07) is 6.86. The van der Waals surface area contributed by atoms with Gasteiger partial charge in [0.15, 0.2) is 0 Å². The van der Waals surface area contributed by atoms with Crippen molar-refractivity contribution >= 4 is 23.9 Å². The molecule has 232 valence electrons. The van der Waals surface area contributed by atoms with Crippen LogP contribution in [0.3, 0.4) is 0 Å². The van der Waals surface area contributed by atoms with Gasteiger partial charge in [0.25, 0.3) is 0 Å². The van der Waals surface area contributed by atoms with Crippen LogP contribution in [-0.2, 0) is 25.6 Å². The number of hydrogen-bond acceptors (Lipinski definition) is 9. The quantitative estimate of drug-likeness (QED) is 0.207. The van der Waals surface area contributed by atoms with Crippen LogP contribution in [0.1, 0.15) is 25.3 Å². The maximum atomic E-state index is 12.4. The van der Waals surface area contributed by atoms with Gasteiger partial charge in [0.2, 0.25) is 0 Å². The molecular formula is C27H42GdN4O9. The predicted octanol–water partition coefficient (Wildman–Crippen LogP) is 0.337. The number of nitrogens with zero attached hydrogens (tertiary/aromatic N) is 4. The number of aryl methyl sites for hydroxylation is 1. The third kappa shape index (κ3) is 15.2. The molecule has 1 heterocycles. The van der Waals surface area contributed by atoms with E-state index in [-0.39, 0.29) is 112 Å². The van der Waals surface area contributed by atoms with Crippen molar-refractivity contribution in [1.82, 2.24) is 19.6 Å². The van der Waals surface area contributed by atoms with Crippen LogP contribution < -0.4 is 4.74 Å². The summed E-state index contributed by atoms with van der Waals surface area (Å²) in [6.45, 7) is 3.94. The van der Waals surface area contributed by atoms with Crippen LogP contribution >= 0.6 is 0 Å². The fraction of sp³-hybridized carbons (Fsp3) is 0.630. The Morgan fingerprint density at radius 1 is 0.732 bits per heavy atom. The monoisotopic (exact) mass is 724 g/mol. The molecule has 1 saturated heterocycles. The normalized spacial score (nSPS) is 17.4. The average molecular weight is 724 g/mol. The van der Waals surface area contributed by atoms with E-state index in [9.17, 15) is 39.6 Å². The molecule has 2 rings (SSSR count). The summed E-state index contributed by atoms with van der Waals surface area (Å²) < 4.78 is 5.47. The first-order valence-corrected chi connectivity index (χ1v) is 13.6. The van der Waals surface area contributed by atoms with E-state index < -0.39 is 29.9 Å². The molecule has 0 aromatic heterocycles. The van der Waals surface area contributed by atoms with E-state index >= 15 is 0 Å². The predicted molar refractivity (Wildman–Crippen MR) is 146 cm³/mol. The number of carboxylic acid groups (broad SMARTS) is 4. The van der Waals surface area contributed by atoms with E-state index in [4.69, 9.17) is 4.74 Å². The molecule has 1 aromatic rings. The molecule has 0 radical (unpaired) electrons. The number of ether oxygens (including phenoxy) is 1. The molecule has 1 aromatic carbocycles. The molecule has 0 aliphatic carbocycles. The van der Waals surface area contributed by atoms with Crippen LogP contribution in [0.2, 0.25) is 0 Å². The van der Waals surface area contributed by atoms with E-state index in [1.165, 1.54) is 0 Å². The van der Waals surface area contributed by atoms with Crippen LogP contribution in [0.15, 0.2) is 24.3 Å². The molecule has 1 fully saturated rings. The first-order valence-electron chi connectivity index (χ1n) is 13.6. The van der Waals surface area contributed by atoms with Crippen molar-refractivity contribution in [2.75, 3.05) is 78.6 Å². The zero-order chi connectivity index (χ0) is 29.5. The second-order valence-electron chi connectivity index (χ2n) is 9.87. The molecular weight excluding hydrogens is 682 g/mol. The average Bonchev–Trinajstić information content (AvgIpc) is 2.87. The first-order chi connectivity index (χ1) is 19.1.